The lowest BCUT2D eigenvalue weighted by molar-refractivity contribution is -0.138. The molecule has 1 unspecified atom stereocenters. The summed E-state index contributed by atoms with van der Waals surface area (Å²) in [4.78, 5) is 47.8. The molecule has 0 spiro atoms. The zero-order valence-electron chi connectivity index (χ0n) is 26.6. The Bertz CT molecular complexity index is 1860. The van der Waals surface area contributed by atoms with Gasteiger partial charge in [-0.2, -0.15) is 0 Å². The fourth-order valence-corrected chi connectivity index (χ4v) is 5.93. The first-order chi connectivity index (χ1) is 22.5. The zero-order chi connectivity index (χ0) is 33.6. The van der Waals surface area contributed by atoms with Gasteiger partial charge in [-0.1, -0.05) is 87.5 Å². The quantitative estimate of drug-likeness (QED) is 0.151. The van der Waals surface area contributed by atoms with Gasteiger partial charge >= 0.3 is 5.97 Å². The number of carbonyl (C=O) groups excluding carboxylic acids is 2. The molecule has 9 nitrogen and oxygen atoms in total. The van der Waals surface area contributed by atoms with E-state index in [2.05, 4.69) is 41.4 Å². The number of hydrogen-bond donors (Lipinski definition) is 3. The van der Waals surface area contributed by atoms with Crippen molar-refractivity contribution in [2.75, 3.05) is 13.7 Å². The van der Waals surface area contributed by atoms with Crippen LogP contribution < -0.4 is 15.4 Å². The highest BCUT2D eigenvalue weighted by atomic mass is 32.1. The first kappa shape index (κ1) is 33.0. The minimum atomic E-state index is -1.17. The second-order valence-electron chi connectivity index (χ2n) is 12.0. The van der Waals surface area contributed by atoms with Gasteiger partial charge in [0.2, 0.25) is 5.91 Å². The first-order valence-corrected chi connectivity index (χ1v) is 15.9. The van der Waals surface area contributed by atoms with Gasteiger partial charge in [0.15, 0.2) is 5.82 Å². The Kier molecular flexibility index (Phi) is 10.1. The highest BCUT2D eigenvalue weighted by Gasteiger charge is 2.25. The van der Waals surface area contributed by atoms with E-state index in [1.165, 1.54) is 11.3 Å². The molecule has 0 aliphatic heterocycles. The fraction of sp³-hybridized carbons (Fsp3) is 0.216. The Morgan fingerprint density at radius 1 is 0.830 bits per heavy atom. The summed E-state index contributed by atoms with van der Waals surface area (Å²) in [5.41, 5.74) is 5.37. The number of carbonyl (C=O) groups is 3. The van der Waals surface area contributed by atoms with E-state index in [0.29, 0.717) is 10.7 Å². The van der Waals surface area contributed by atoms with Crippen molar-refractivity contribution in [3.63, 3.8) is 0 Å². The van der Waals surface area contributed by atoms with Crippen molar-refractivity contribution in [1.82, 2.24) is 20.6 Å². The molecule has 3 N–H and O–H groups in total. The van der Waals surface area contributed by atoms with Crippen LogP contribution in [0, 0.1) is 0 Å². The zero-order valence-corrected chi connectivity index (χ0v) is 27.4. The summed E-state index contributed by atoms with van der Waals surface area (Å²) in [6, 6.07) is 26.1. The van der Waals surface area contributed by atoms with Crippen LogP contribution in [0.2, 0.25) is 0 Å². The number of methoxy groups -OCH3 is 1. The maximum atomic E-state index is 13.1. The second-order valence-corrected chi connectivity index (χ2v) is 13.1. The Morgan fingerprint density at radius 3 is 2.09 bits per heavy atom. The Labute approximate surface area is 277 Å². The minimum Gasteiger partial charge on any atom is -0.496 e. The molecule has 0 saturated carbocycles. The summed E-state index contributed by atoms with van der Waals surface area (Å²) in [6.07, 6.45) is 3.73. The van der Waals surface area contributed by atoms with E-state index in [0.717, 1.165) is 44.0 Å². The summed E-state index contributed by atoms with van der Waals surface area (Å²) in [6.45, 7) is 5.65. The third kappa shape index (κ3) is 8.28. The van der Waals surface area contributed by atoms with Gasteiger partial charge in [-0.3, -0.25) is 14.4 Å². The molecule has 5 rings (SSSR count). The average molecular weight is 649 g/mol. The van der Waals surface area contributed by atoms with Crippen LogP contribution in [0.4, 0.5) is 0 Å². The van der Waals surface area contributed by atoms with Crippen molar-refractivity contribution < 1.29 is 24.2 Å². The van der Waals surface area contributed by atoms with E-state index in [9.17, 15) is 14.4 Å². The van der Waals surface area contributed by atoms with Crippen LogP contribution >= 0.6 is 11.3 Å². The van der Waals surface area contributed by atoms with Crippen molar-refractivity contribution in [1.29, 1.82) is 0 Å². The molecule has 2 heterocycles. The van der Waals surface area contributed by atoms with Crippen molar-refractivity contribution in [3.05, 3.63) is 113 Å². The number of hydrogen-bond acceptors (Lipinski definition) is 7. The molecule has 0 bridgehead atoms. The van der Waals surface area contributed by atoms with Gasteiger partial charge in [0.1, 0.15) is 18.3 Å². The van der Waals surface area contributed by atoms with Crippen LogP contribution in [0.1, 0.15) is 40.9 Å². The molecule has 0 saturated heterocycles. The minimum absolute atomic E-state index is 0.115. The molecule has 3 aromatic carbocycles. The van der Waals surface area contributed by atoms with Gasteiger partial charge < -0.3 is 20.5 Å². The Hall–Kier alpha value is -5.35. The smallest absolute Gasteiger partial charge is 0.322 e. The lowest BCUT2D eigenvalue weighted by atomic mass is 9.95. The molecule has 47 heavy (non-hydrogen) atoms. The number of rotatable bonds is 11. The number of thiophene rings is 1. The number of aromatic nitrogens is 2. The number of ether oxygens (including phenoxy) is 1. The van der Waals surface area contributed by atoms with Crippen LogP contribution in [-0.4, -0.2) is 52.6 Å². The third-order valence-electron chi connectivity index (χ3n) is 7.54. The number of carboxylic acid groups (broad SMARTS) is 1. The molecule has 10 heteroatoms. The van der Waals surface area contributed by atoms with Gasteiger partial charge in [0.25, 0.3) is 5.91 Å². The summed E-state index contributed by atoms with van der Waals surface area (Å²) in [7, 11) is 1.66. The van der Waals surface area contributed by atoms with E-state index in [4.69, 9.17) is 9.84 Å². The van der Waals surface area contributed by atoms with Gasteiger partial charge in [0.05, 0.1) is 12.0 Å². The number of amides is 2. The molecular formula is C37H36N4O5S. The predicted molar refractivity (Wildman–Crippen MR) is 184 cm³/mol. The number of nitrogens with zero attached hydrogens (tertiary/aromatic N) is 2. The van der Waals surface area contributed by atoms with Crippen LogP contribution in [-0.2, 0) is 21.4 Å². The third-order valence-corrected chi connectivity index (χ3v) is 9.05. The molecule has 240 valence electrons. The van der Waals surface area contributed by atoms with Crippen LogP contribution in [0.3, 0.4) is 0 Å². The summed E-state index contributed by atoms with van der Waals surface area (Å²) >= 11 is 1.37. The predicted octanol–water partition coefficient (Wildman–Crippen LogP) is 6.39. The molecule has 0 aliphatic carbocycles. The van der Waals surface area contributed by atoms with E-state index in [1.54, 1.807) is 25.6 Å². The Balaban J connectivity index is 1.27. The van der Waals surface area contributed by atoms with Crippen LogP contribution in [0.5, 0.6) is 5.75 Å². The van der Waals surface area contributed by atoms with Crippen molar-refractivity contribution in [2.45, 2.75) is 38.6 Å². The highest BCUT2D eigenvalue weighted by molar-refractivity contribution is 7.14. The maximum Gasteiger partial charge on any atom is 0.322 e. The highest BCUT2D eigenvalue weighted by Crippen LogP contribution is 2.32. The molecule has 5 aromatic rings. The number of carboxylic acids is 1. The van der Waals surface area contributed by atoms with Crippen molar-refractivity contribution >= 4 is 29.1 Å². The number of para-hydroxylation sites is 1. The largest absolute Gasteiger partial charge is 0.496 e. The molecule has 2 aromatic heterocycles. The van der Waals surface area contributed by atoms with Gasteiger partial charge in [-0.05, 0) is 40.3 Å². The fourth-order valence-electron chi connectivity index (χ4n) is 4.96. The number of benzene rings is 3. The van der Waals surface area contributed by atoms with Crippen molar-refractivity contribution in [2.24, 2.45) is 0 Å². The average Bonchev–Trinajstić information content (AvgIpc) is 3.59. The lowest BCUT2D eigenvalue weighted by Crippen LogP contribution is -2.49. The maximum absolute atomic E-state index is 13.1. The normalized spacial score (nSPS) is 11.8. The summed E-state index contributed by atoms with van der Waals surface area (Å²) in [5, 5.41) is 14.2. The molecular weight excluding hydrogens is 612 g/mol. The van der Waals surface area contributed by atoms with Gasteiger partial charge in [0, 0.05) is 40.4 Å². The number of nitrogens with one attached hydrogen (secondary N) is 2. The summed E-state index contributed by atoms with van der Waals surface area (Å²) in [5.74, 6) is -0.777. The van der Waals surface area contributed by atoms with Crippen LogP contribution in [0.15, 0.2) is 97.3 Å². The van der Waals surface area contributed by atoms with Gasteiger partial charge in [-0.15, -0.1) is 11.3 Å². The topological polar surface area (TPSA) is 131 Å². The van der Waals surface area contributed by atoms with E-state index in [-0.39, 0.29) is 17.7 Å². The molecule has 0 aliphatic rings. The Morgan fingerprint density at radius 2 is 1.47 bits per heavy atom. The lowest BCUT2D eigenvalue weighted by Gasteiger charge is -2.18. The van der Waals surface area contributed by atoms with E-state index in [1.807, 2.05) is 78.9 Å². The standard InChI is InChI=1S/C37H36N4O5S/c1-37(2,3)32-18-17-31(47-32)36(45)41-29(35(44)40-22-33(42)43)19-23-9-11-26(12-10-23)34-38-20-27(21-39-34)24-13-15-25(16-14-24)28-7-5-6-8-30(28)46-4/h5-18,20-21,29H,19,22H2,1-4H3,(H,40,44)(H,41,45)(H,42,43). The second kappa shape index (κ2) is 14.4. The van der Waals surface area contributed by atoms with E-state index < -0.39 is 24.5 Å². The monoisotopic (exact) mass is 648 g/mol. The summed E-state index contributed by atoms with van der Waals surface area (Å²) < 4.78 is 5.49. The number of aliphatic carboxylic acids is 1. The molecule has 0 radical (unpaired) electrons. The van der Waals surface area contributed by atoms with Crippen LogP contribution in [0.25, 0.3) is 33.6 Å². The van der Waals surface area contributed by atoms with Gasteiger partial charge in [-0.25, -0.2) is 9.97 Å². The SMILES string of the molecule is COc1ccccc1-c1ccc(-c2cnc(-c3ccc(CC(NC(=O)c4ccc(C(C)(C)C)s4)C(=O)NCC(=O)O)cc3)nc2)cc1. The van der Waals surface area contributed by atoms with E-state index >= 15 is 0 Å². The molecule has 2 amide bonds. The van der Waals surface area contributed by atoms with Crippen molar-refractivity contribution in [3.8, 4) is 39.4 Å². The first-order valence-electron chi connectivity index (χ1n) is 15.1. The molecule has 0 fully saturated rings. The molecule has 1 atom stereocenters.